The maximum absolute atomic E-state index is 12.5. The molecular formula is C12H16F3N3. The summed E-state index contributed by atoms with van der Waals surface area (Å²) in [5.41, 5.74) is -0.845. The van der Waals surface area contributed by atoms with Crippen LogP contribution in [-0.2, 0) is 6.18 Å². The summed E-state index contributed by atoms with van der Waals surface area (Å²) in [5.74, 6) is 0.349. The Morgan fingerprint density at radius 3 is 2.72 bits per heavy atom. The summed E-state index contributed by atoms with van der Waals surface area (Å²) < 4.78 is 37.5. The van der Waals surface area contributed by atoms with Crippen LogP contribution >= 0.6 is 0 Å². The van der Waals surface area contributed by atoms with Gasteiger partial charge < -0.3 is 10.2 Å². The summed E-state index contributed by atoms with van der Waals surface area (Å²) >= 11 is 0. The van der Waals surface area contributed by atoms with Crippen molar-refractivity contribution in [2.75, 3.05) is 25.0 Å². The van der Waals surface area contributed by atoms with Gasteiger partial charge in [0.15, 0.2) is 0 Å². The Labute approximate surface area is 104 Å². The molecule has 3 nitrogen and oxygen atoms in total. The number of anilines is 1. The second kappa shape index (κ2) is 5.14. The van der Waals surface area contributed by atoms with Crippen LogP contribution in [0.1, 0.15) is 18.5 Å². The van der Waals surface area contributed by atoms with Gasteiger partial charge >= 0.3 is 6.18 Å². The Hall–Kier alpha value is -1.30. The number of pyridine rings is 1. The van der Waals surface area contributed by atoms with Crippen molar-refractivity contribution in [1.82, 2.24) is 10.3 Å². The van der Waals surface area contributed by atoms with Gasteiger partial charge in [-0.2, -0.15) is 13.2 Å². The van der Waals surface area contributed by atoms with Crippen molar-refractivity contribution in [3.63, 3.8) is 0 Å². The van der Waals surface area contributed by atoms with Crippen LogP contribution in [-0.4, -0.2) is 31.2 Å². The first-order valence-corrected chi connectivity index (χ1v) is 5.95. The molecule has 0 aromatic carbocycles. The van der Waals surface area contributed by atoms with Crippen LogP contribution in [0.25, 0.3) is 0 Å². The minimum absolute atomic E-state index is 0.349. The standard InChI is InChI=1S/C12H16F3N3/c1-18(8-7-16-9-5-6-9)11-4-2-3-10(17-11)12(13,14)15/h2-4,9,16H,5-8H2,1H3. The van der Waals surface area contributed by atoms with E-state index >= 15 is 0 Å². The van der Waals surface area contributed by atoms with E-state index in [0.717, 1.165) is 12.6 Å². The molecular weight excluding hydrogens is 243 g/mol. The van der Waals surface area contributed by atoms with Crippen LogP contribution in [0.2, 0.25) is 0 Å². The number of halogens is 3. The molecule has 18 heavy (non-hydrogen) atoms. The summed E-state index contributed by atoms with van der Waals surface area (Å²) in [6.07, 6.45) is -1.99. The van der Waals surface area contributed by atoms with Crippen LogP contribution in [0.5, 0.6) is 0 Å². The van der Waals surface area contributed by atoms with Gasteiger partial charge in [-0.1, -0.05) is 6.07 Å². The van der Waals surface area contributed by atoms with Crippen LogP contribution in [0.4, 0.5) is 19.0 Å². The first kappa shape index (κ1) is 13.1. The summed E-state index contributed by atoms with van der Waals surface area (Å²) in [6.45, 7) is 1.41. The van der Waals surface area contributed by atoms with Crippen molar-refractivity contribution in [1.29, 1.82) is 0 Å². The maximum atomic E-state index is 12.5. The van der Waals surface area contributed by atoms with E-state index in [1.54, 1.807) is 18.0 Å². The number of rotatable bonds is 5. The molecule has 1 fully saturated rings. The quantitative estimate of drug-likeness (QED) is 0.879. The second-order valence-electron chi connectivity index (χ2n) is 4.53. The largest absolute Gasteiger partial charge is 0.433 e. The third-order valence-electron chi connectivity index (χ3n) is 2.87. The molecule has 0 saturated heterocycles. The van der Waals surface area contributed by atoms with Crippen molar-refractivity contribution in [2.45, 2.75) is 25.1 Å². The molecule has 0 bridgehead atoms. The smallest absolute Gasteiger partial charge is 0.358 e. The molecule has 0 spiro atoms. The van der Waals surface area contributed by atoms with Gasteiger partial charge in [-0.05, 0) is 25.0 Å². The first-order valence-electron chi connectivity index (χ1n) is 5.95. The molecule has 6 heteroatoms. The van der Waals surface area contributed by atoms with Gasteiger partial charge in [-0.15, -0.1) is 0 Å². The lowest BCUT2D eigenvalue weighted by Crippen LogP contribution is -2.31. The molecule has 1 aliphatic rings. The van der Waals surface area contributed by atoms with E-state index in [2.05, 4.69) is 10.3 Å². The molecule has 0 amide bonds. The molecule has 2 rings (SSSR count). The van der Waals surface area contributed by atoms with E-state index in [4.69, 9.17) is 0 Å². The zero-order valence-corrected chi connectivity index (χ0v) is 10.2. The van der Waals surface area contributed by atoms with Crippen molar-refractivity contribution in [3.05, 3.63) is 23.9 Å². The predicted molar refractivity (Wildman–Crippen MR) is 63.5 cm³/mol. The lowest BCUT2D eigenvalue weighted by molar-refractivity contribution is -0.141. The molecule has 0 radical (unpaired) electrons. The maximum Gasteiger partial charge on any atom is 0.433 e. The summed E-state index contributed by atoms with van der Waals surface area (Å²) in [5, 5.41) is 3.31. The Morgan fingerprint density at radius 2 is 2.11 bits per heavy atom. The fraction of sp³-hybridized carbons (Fsp3) is 0.583. The number of likely N-dealkylation sites (N-methyl/N-ethyl adjacent to an activating group) is 1. The monoisotopic (exact) mass is 259 g/mol. The molecule has 1 heterocycles. The third kappa shape index (κ3) is 3.60. The highest BCUT2D eigenvalue weighted by Crippen LogP contribution is 2.28. The third-order valence-corrected chi connectivity index (χ3v) is 2.87. The number of hydrogen-bond acceptors (Lipinski definition) is 3. The number of hydrogen-bond donors (Lipinski definition) is 1. The first-order chi connectivity index (χ1) is 8.47. The predicted octanol–water partition coefficient (Wildman–Crippen LogP) is 2.29. The number of nitrogens with one attached hydrogen (secondary N) is 1. The summed E-state index contributed by atoms with van der Waals surface area (Å²) in [4.78, 5) is 5.36. The average molecular weight is 259 g/mol. The van der Waals surface area contributed by atoms with Crippen LogP contribution in [0.3, 0.4) is 0 Å². The Bertz CT molecular complexity index is 402. The van der Waals surface area contributed by atoms with E-state index in [-0.39, 0.29) is 0 Å². The van der Waals surface area contributed by atoms with Gasteiger partial charge in [-0.3, -0.25) is 0 Å². The Balaban J connectivity index is 1.93. The van der Waals surface area contributed by atoms with Gasteiger partial charge in [0.05, 0.1) is 0 Å². The Morgan fingerprint density at radius 1 is 1.39 bits per heavy atom. The normalized spacial score (nSPS) is 15.8. The number of alkyl halides is 3. The van der Waals surface area contributed by atoms with Crippen LogP contribution in [0, 0.1) is 0 Å². The fourth-order valence-corrected chi connectivity index (χ4v) is 1.63. The highest BCUT2D eigenvalue weighted by Gasteiger charge is 2.32. The van der Waals surface area contributed by atoms with E-state index in [1.807, 2.05) is 0 Å². The second-order valence-corrected chi connectivity index (χ2v) is 4.53. The summed E-state index contributed by atoms with van der Waals surface area (Å²) in [7, 11) is 1.75. The minimum Gasteiger partial charge on any atom is -0.358 e. The average Bonchev–Trinajstić information content (AvgIpc) is 3.12. The number of nitrogens with zero attached hydrogens (tertiary/aromatic N) is 2. The van der Waals surface area contributed by atoms with Gasteiger partial charge in [0.25, 0.3) is 0 Å². The van der Waals surface area contributed by atoms with Gasteiger partial charge in [0.1, 0.15) is 11.5 Å². The highest BCUT2D eigenvalue weighted by atomic mass is 19.4. The van der Waals surface area contributed by atoms with Gasteiger partial charge in [0.2, 0.25) is 0 Å². The van der Waals surface area contributed by atoms with E-state index < -0.39 is 11.9 Å². The van der Waals surface area contributed by atoms with Crippen molar-refractivity contribution >= 4 is 5.82 Å². The molecule has 1 N–H and O–H groups in total. The zero-order chi connectivity index (χ0) is 13.2. The molecule has 1 aromatic heterocycles. The SMILES string of the molecule is CN(CCNC1CC1)c1cccc(C(F)(F)F)n1. The lowest BCUT2D eigenvalue weighted by atomic mass is 10.3. The lowest BCUT2D eigenvalue weighted by Gasteiger charge is -2.19. The van der Waals surface area contributed by atoms with E-state index in [9.17, 15) is 13.2 Å². The zero-order valence-electron chi connectivity index (χ0n) is 10.2. The van der Waals surface area contributed by atoms with Gasteiger partial charge in [-0.25, -0.2) is 4.98 Å². The van der Waals surface area contributed by atoms with Crippen molar-refractivity contribution in [2.24, 2.45) is 0 Å². The molecule has 0 aliphatic heterocycles. The molecule has 1 aliphatic carbocycles. The molecule has 0 atom stereocenters. The molecule has 100 valence electrons. The van der Waals surface area contributed by atoms with E-state index in [0.29, 0.717) is 18.4 Å². The van der Waals surface area contributed by atoms with E-state index in [1.165, 1.54) is 18.9 Å². The molecule has 1 aromatic rings. The van der Waals surface area contributed by atoms with Crippen molar-refractivity contribution < 1.29 is 13.2 Å². The summed E-state index contributed by atoms with van der Waals surface area (Å²) in [6, 6.07) is 4.56. The van der Waals surface area contributed by atoms with Crippen LogP contribution < -0.4 is 10.2 Å². The molecule has 0 unspecified atom stereocenters. The highest BCUT2D eigenvalue weighted by molar-refractivity contribution is 5.38. The fourth-order valence-electron chi connectivity index (χ4n) is 1.63. The Kier molecular flexibility index (Phi) is 3.75. The number of aromatic nitrogens is 1. The van der Waals surface area contributed by atoms with Crippen LogP contribution in [0.15, 0.2) is 18.2 Å². The minimum atomic E-state index is -4.39. The topological polar surface area (TPSA) is 28.2 Å². The van der Waals surface area contributed by atoms with Crippen molar-refractivity contribution in [3.8, 4) is 0 Å². The van der Waals surface area contributed by atoms with Gasteiger partial charge in [0, 0.05) is 26.2 Å². The molecule has 1 saturated carbocycles.